The Hall–Kier alpha value is -1.45. The lowest BCUT2D eigenvalue weighted by Crippen LogP contribution is -2.34. The van der Waals surface area contributed by atoms with Crippen LogP contribution in [0.4, 0.5) is 0 Å². The van der Waals surface area contributed by atoms with Crippen LogP contribution in [-0.2, 0) is 26.4 Å². The number of aromatic carboxylic acids is 1. The molecule has 1 atom stereocenters. The van der Waals surface area contributed by atoms with Gasteiger partial charge < -0.3 is 5.11 Å². The summed E-state index contributed by atoms with van der Waals surface area (Å²) in [6, 6.07) is 5.90. The molecular weight excluding hydrogens is 318 g/mol. The van der Waals surface area contributed by atoms with Crippen molar-refractivity contribution in [2.75, 3.05) is 11.5 Å². The minimum Gasteiger partial charge on any atom is -0.478 e. The average Bonchev–Trinajstić information content (AvgIpc) is 2.78. The number of rotatable bonds is 5. The van der Waals surface area contributed by atoms with Gasteiger partial charge in [0.05, 0.1) is 22.3 Å². The van der Waals surface area contributed by atoms with E-state index >= 15 is 0 Å². The lowest BCUT2D eigenvalue weighted by molar-refractivity contribution is 0.0696. The molecule has 0 bridgehead atoms. The van der Waals surface area contributed by atoms with Gasteiger partial charge in [-0.3, -0.25) is 0 Å². The zero-order valence-electron chi connectivity index (χ0n) is 11.0. The SMILES string of the molecule is O=C(O)c1cccc(CNS(=O)(=O)C2CCS(=O)(=O)C2)c1. The molecule has 0 saturated carbocycles. The van der Waals surface area contributed by atoms with Gasteiger partial charge in [0.25, 0.3) is 0 Å². The molecule has 2 rings (SSSR count). The zero-order chi connectivity index (χ0) is 15.7. The van der Waals surface area contributed by atoms with Crippen LogP contribution in [0.25, 0.3) is 0 Å². The van der Waals surface area contributed by atoms with Crippen LogP contribution in [0.2, 0.25) is 0 Å². The molecule has 0 amide bonds. The molecule has 0 radical (unpaired) electrons. The number of sulfonamides is 1. The minimum absolute atomic E-state index is 0.0649. The van der Waals surface area contributed by atoms with Crippen LogP contribution < -0.4 is 4.72 Å². The molecule has 116 valence electrons. The maximum Gasteiger partial charge on any atom is 0.335 e. The summed E-state index contributed by atoms with van der Waals surface area (Å²) >= 11 is 0. The number of carboxylic acid groups (broad SMARTS) is 1. The molecule has 1 unspecified atom stereocenters. The molecule has 1 saturated heterocycles. The summed E-state index contributed by atoms with van der Waals surface area (Å²) in [5, 5.41) is 7.92. The first-order valence-electron chi connectivity index (χ1n) is 6.21. The van der Waals surface area contributed by atoms with Crippen LogP contribution >= 0.6 is 0 Å². The summed E-state index contributed by atoms with van der Waals surface area (Å²) in [5.41, 5.74) is 0.564. The van der Waals surface area contributed by atoms with Gasteiger partial charge in [-0.15, -0.1) is 0 Å². The van der Waals surface area contributed by atoms with Crippen molar-refractivity contribution in [2.45, 2.75) is 18.2 Å². The Labute approximate surface area is 123 Å². The van der Waals surface area contributed by atoms with Crippen LogP contribution in [0.3, 0.4) is 0 Å². The van der Waals surface area contributed by atoms with Crippen molar-refractivity contribution in [3.63, 3.8) is 0 Å². The highest BCUT2D eigenvalue weighted by Crippen LogP contribution is 2.18. The van der Waals surface area contributed by atoms with Gasteiger partial charge in [-0.2, -0.15) is 0 Å². The van der Waals surface area contributed by atoms with E-state index in [1.807, 2.05) is 0 Å². The fourth-order valence-corrected chi connectivity index (χ4v) is 6.18. The van der Waals surface area contributed by atoms with E-state index in [9.17, 15) is 21.6 Å². The molecule has 0 aromatic heterocycles. The molecule has 7 nitrogen and oxygen atoms in total. The van der Waals surface area contributed by atoms with Gasteiger partial charge in [0.2, 0.25) is 10.0 Å². The molecule has 21 heavy (non-hydrogen) atoms. The van der Waals surface area contributed by atoms with Crippen LogP contribution in [-0.4, -0.2) is 44.7 Å². The molecule has 1 aliphatic heterocycles. The van der Waals surface area contributed by atoms with Crippen molar-refractivity contribution in [1.29, 1.82) is 0 Å². The number of carboxylic acids is 1. The van der Waals surface area contributed by atoms with Crippen molar-refractivity contribution < 1.29 is 26.7 Å². The summed E-state index contributed by atoms with van der Waals surface area (Å²) in [7, 11) is -7.02. The molecule has 0 aliphatic carbocycles. The quantitative estimate of drug-likeness (QED) is 0.782. The van der Waals surface area contributed by atoms with Crippen LogP contribution in [0, 0.1) is 0 Å². The zero-order valence-corrected chi connectivity index (χ0v) is 12.7. The largest absolute Gasteiger partial charge is 0.478 e. The molecule has 2 N–H and O–H groups in total. The Kier molecular flexibility index (Phi) is 4.35. The molecule has 1 fully saturated rings. The standard InChI is InChI=1S/C12H15NO6S2/c14-12(15)10-3-1-2-9(6-10)7-13-21(18,19)11-4-5-20(16,17)8-11/h1-3,6,11,13H,4-5,7-8H2,(H,14,15). The van der Waals surface area contributed by atoms with Gasteiger partial charge in [-0.1, -0.05) is 12.1 Å². The van der Waals surface area contributed by atoms with Crippen molar-refractivity contribution in [3.05, 3.63) is 35.4 Å². The van der Waals surface area contributed by atoms with Gasteiger partial charge in [0, 0.05) is 6.54 Å². The molecule has 1 aromatic carbocycles. The minimum atomic E-state index is -3.74. The monoisotopic (exact) mass is 333 g/mol. The van der Waals surface area contributed by atoms with E-state index in [4.69, 9.17) is 5.11 Å². The van der Waals surface area contributed by atoms with Crippen molar-refractivity contribution in [2.24, 2.45) is 0 Å². The molecular formula is C12H15NO6S2. The van der Waals surface area contributed by atoms with Crippen LogP contribution in [0.15, 0.2) is 24.3 Å². The van der Waals surface area contributed by atoms with Crippen LogP contribution in [0.5, 0.6) is 0 Å². The van der Waals surface area contributed by atoms with Gasteiger partial charge in [-0.25, -0.2) is 26.4 Å². The Morgan fingerprint density at radius 2 is 2.10 bits per heavy atom. The maximum absolute atomic E-state index is 12.0. The summed E-state index contributed by atoms with van der Waals surface area (Å²) in [5.74, 6) is -1.58. The van der Waals surface area contributed by atoms with E-state index in [0.717, 1.165) is 0 Å². The summed E-state index contributed by atoms with van der Waals surface area (Å²) in [6.45, 7) is -0.0694. The lowest BCUT2D eigenvalue weighted by atomic mass is 10.1. The number of hydrogen-bond donors (Lipinski definition) is 2. The molecule has 0 spiro atoms. The van der Waals surface area contributed by atoms with E-state index in [1.54, 1.807) is 6.07 Å². The number of sulfone groups is 1. The maximum atomic E-state index is 12.0. The Morgan fingerprint density at radius 1 is 1.38 bits per heavy atom. The van der Waals surface area contributed by atoms with E-state index < -0.39 is 31.1 Å². The van der Waals surface area contributed by atoms with E-state index in [2.05, 4.69) is 4.72 Å². The summed E-state index contributed by atoms with van der Waals surface area (Å²) < 4.78 is 49.0. The van der Waals surface area contributed by atoms with Gasteiger partial charge in [0.1, 0.15) is 0 Å². The van der Waals surface area contributed by atoms with Crippen molar-refractivity contribution in [1.82, 2.24) is 4.72 Å². The Bertz CT molecular complexity index is 754. The van der Waals surface area contributed by atoms with Crippen LogP contribution in [0.1, 0.15) is 22.3 Å². The fourth-order valence-electron chi connectivity index (χ4n) is 2.12. The molecule has 1 heterocycles. The summed E-state index contributed by atoms with van der Waals surface area (Å²) in [4.78, 5) is 10.8. The van der Waals surface area contributed by atoms with Gasteiger partial charge in [-0.05, 0) is 24.1 Å². The highest BCUT2D eigenvalue weighted by Gasteiger charge is 2.36. The fraction of sp³-hybridized carbons (Fsp3) is 0.417. The second-order valence-electron chi connectivity index (χ2n) is 4.90. The third kappa shape index (κ3) is 4.02. The third-order valence-electron chi connectivity index (χ3n) is 3.28. The Balaban J connectivity index is 2.05. The predicted octanol–water partition coefficient (Wildman–Crippen LogP) is -0.00870. The highest BCUT2D eigenvalue weighted by molar-refractivity contribution is 7.95. The predicted molar refractivity (Wildman–Crippen MR) is 76.2 cm³/mol. The van der Waals surface area contributed by atoms with E-state index in [1.165, 1.54) is 18.2 Å². The topological polar surface area (TPSA) is 118 Å². The first kappa shape index (κ1) is 15.9. The Morgan fingerprint density at radius 3 is 2.67 bits per heavy atom. The van der Waals surface area contributed by atoms with Crippen molar-refractivity contribution in [3.8, 4) is 0 Å². The second-order valence-corrected chi connectivity index (χ2v) is 9.17. The van der Waals surface area contributed by atoms with E-state index in [-0.39, 0.29) is 30.0 Å². The normalized spacial score (nSPS) is 21.2. The number of hydrogen-bond acceptors (Lipinski definition) is 5. The average molecular weight is 333 g/mol. The highest BCUT2D eigenvalue weighted by atomic mass is 32.2. The molecule has 1 aromatic rings. The van der Waals surface area contributed by atoms with Gasteiger partial charge >= 0.3 is 5.97 Å². The number of carbonyl (C=O) groups is 1. The smallest absolute Gasteiger partial charge is 0.335 e. The third-order valence-corrected chi connectivity index (χ3v) is 7.09. The lowest BCUT2D eigenvalue weighted by Gasteiger charge is -2.11. The first-order chi connectivity index (χ1) is 9.70. The second kappa shape index (κ2) is 5.74. The van der Waals surface area contributed by atoms with Gasteiger partial charge in [0.15, 0.2) is 9.84 Å². The first-order valence-corrected chi connectivity index (χ1v) is 9.57. The molecule has 9 heteroatoms. The molecule has 1 aliphatic rings. The summed E-state index contributed by atoms with van der Waals surface area (Å²) in [6.07, 6.45) is 0.0901. The number of benzene rings is 1. The number of nitrogens with one attached hydrogen (secondary N) is 1. The van der Waals surface area contributed by atoms with E-state index in [0.29, 0.717) is 5.56 Å². The van der Waals surface area contributed by atoms with Crippen molar-refractivity contribution >= 4 is 25.8 Å².